The lowest BCUT2D eigenvalue weighted by atomic mass is 9.74. The number of nitrogens with zero attached hydrogens (tertiary/aromatic N) is 3. The molecule has 1 unspecified atom stereocenters. The lowest BCUT2D eigenvalue weighted by molar-refractivity contribution is 0.149. The molecule has 1 saturated heterocycles. The summed E-state index contributed by atoms with van der Waals surface area (Å²) in [6.45, 7) is 8.39. The molecule has 4 rings (SSSR count). The molecule has 1 fully saturated rings. The topological polar surface area (TPSA) is 60.7 Å². The van der Waals surface area contributed by atoms with Crippen molar-refractivity contribution in [2.75, 3.05) is 32.1 Å². The van der Waals surface area contributed by atoms with E-state index >= 15 is 0 Å². The van der Waals surface area contributed by atoms with Crippen molar-refractivity contribution >= 4 is 16.9 Å². The Morgan fingerprint density at radius 3 is 2.76 bits per heavy atom. The van der Waals surface area contributed by atoms with Crippen LogP contribution in [0.5, 0.6) is 0 Å². The van der Waals surface area contributed by atoms with Crippen LogP contribution in [0.3, 0.4) is 0 Å². The van der Waals surface area contributed by atoms with Gasteiger partial charge in [0, 0.05) is 30.4 Å². The second kappa shape index (κ2) is 8.00. The quantitative estimate of drug-likeness (QED) is 0.805. The number of aromatic nitrogens is 1. The predicted octanol–water partition coefficient (Wildman–Crippen LogP) is 3.82. The Kier molecular flexibility index (Phi) is 5.58. The SMILES string of the molecule is CCC(O)c1c2c3c(cccc3n1NC(=O)N(CC)CC)[C@H]1CCCN(C)[C@@H]1C2. The van der Waals surface area contributed by atoms with Gasteiger partial charge in [0.1, 0.15) is 0 Å². The number of urea groups is 1. The first-order valence-corrected chi connectivity index (χ1v) is 11.1. The van der Waals surface area contributed by atoms with Crippen LogP contribution in [0.25, 0.3) is 10.9 Å². The largest absolute Gasteiger partial charge is 0.387 e. The molecule has 2 aromatic rings. The van der Waals surface area contributed by atoms with Crippen LogP contribution in [-0.4, -0.2) is 58.3 Å². The van der Waals surface area contributed by atoms with Gasteiger partial charge in [0.25, 0.3) is 0 Å². The van der Waals surface area contributed by atoms with Crippen LogP contribution in [0.15, 0.2) is 18.2 Å². The maximum atomic E-state index is 12.9. The fourth-order valence-corrected chi connectivity index (χ4v) is 5.42. The molecule has 2 amide bonds. The number of amides is 2. The molecule has 6 heteroatoms. The number of carbonyl (C=O) groups excluding carboxylic acids is 1. The highest BCUT2D eigenvalue weighted by atomic mass is 16.3. The number of fused-ring (bicyclic) bond motifs is 2. The lowest BCUT2D eigenvalue weighted by Gasteiger charge is -2.42. The summed E-state index contributed by atoms with van der Waals surface area (Å²) in [6, 6.07) is 6.76. The Morgan fingerprint density at radius 2 is 2.07 bits per heavy atom. The van der Waals surface area contributed by atoms with E-state index in [0.717, 1.165) is 24.2 Å². The highest BCUT2D eigenvalue weighted by molar-refractivity contribution is 5.93. The molecule has 0 radical (unpaired) electrons. The van der Waals surface area contributed by atoms with Gasteiger partial charge in [-0.1, -0.05) is 19.1 Å². The molecular weight excluding hydrogens is 364 g/mol. The summed E-state index contributed by atoms with van der Waals surface area (Å²) in [7, 11) is 2.22. The first kappa shape index (κ1) is 20.2. The summed E-state index contributed by atoms with van der Waals surface area (Å²) in [6.07, 6.45) is 3.36. The van der Waals surface area contributed by atoms with Gasteiger partial charge in [0.15, 0.2) is 0 Å². The molecule has 1 aliphatic carbocycles. The zero-order chi connectivity index (χ0) is 20.7. The van der Waals surface area contributed by atoms with Crippen LogP contribution in [0.4, 0.5) is 4.79 Å². The number of benzene rings is 1. The van der Waals surface area contributed by atoms with Crippen molar-refractivity contribution in [3.8, 4) is 0 Å². The number of piperidine rings is 1. The highest BCUT2D eigenvalue weighted by Gasteiger charge is 2.39. The smallest absolute Gasteiger partial charge is 0.336 e. The van der Waals surface area contributed by atoms with Gasteiger partial charge in [0.2, 0.25) is 0 Å². The molecule has 0 bridgehead atoms. The number of hydrogen-bond acceptors (Lipinski definition) is 3. The zero-order valence-electron chi connectivity index (χ0n) is 18.1. The maximum absolute atomic E-state index is 12.9. The molecule has 2 heterocycles. The molecule has 2 N–H and O–H groups in total. The highest BCUT2D eigenvalue weighted by Crippen LogP contribution is 2.46. The Bertz CT molecular complexity index is 902. The minimum absolute atomic E-state index is 0.123. The molecular formula is C23H34N4O2. The standard InChI is InChI=1S/C23H34N4O2/c1-5-20(28)22-17-14-19-15(11-9-13-25(19)4)16-10-8-12-18(21(16)17)27(22)24-23(29)26(6-2)7-3/h8,10,12,15,19-20,28H,5-7,9,11,13-14H2,1-4H3,(H,24,29)/t15-,19-,20?/m1/s1. The summed E-state index contributed by atoms with van der Waals surface area (Å²) in [5, 5.41) is 12.2. The normalized spacial score (nSPS) is 22.4. The Morgan fingerprint density at radius 1 is 1.31 bits per heavy atom. The van der Waals surface area contributed by atoms with Crippen LogP contribution >= 0.6 is 0 Å². The number of likely N-dealkylation sites (N-methyl/N-ethyl adjacent to an activating group) is 1. The van der Waals surface area contributed by atoms with Crippen LogP contribution in [0.1, 0.15) is 68.9 Å². The van der Waals surface area contributed by atoms with Crippen LogP contribution < -0.4 is 5.43 Å². The van der Waals surface area contributed by atoms with Gasteiger partial charge >= 0.3 is 6.03 Å². The number of aliphatic hydroxyl groups is 1. The average molecular weight is 399 g/mol. The molecule has 0 saturated carbocycles. The van der Waals surface area contributed by atoms with E-state index in [-0.39, 0.29) is 6.03 Å². The van der Waals surface area contributed by atoms with E-state index in [0.29, 0.717) is 31.5 Å². The molecule has 3 atom stereocenters. The fraction of sp³-hybridized carbons (Fsp3) is 0.609. The van der Waals surface area contributed by atoms with Crippen molar-refractivity contribution in [2.45, 2.75) is 64.5 Å². The first-order chi connectivity index (χ1) is 14.0. The van der Waals surface area contributed by atoms with Gasteiger partial charge in [0.05, 0.1) is 17.3 Å². The third-order valence-electron chi connectivity index (χ3n) is 7.00. The number of carbonyl (C=O) groups is 1. The summed E-state index contributed by atoms with van der Waals surface area (Å²) in [5.41, 5.74) is 7.55. The van der Waals surface area contributed by atoms with Crippen molar-refractivity contribution in [1.82, 2.24) is 14.5 Å². The van der Waals surface area contributed by atoms with E-state index in [1.807, 2.05) is 25.4 Å². The van der Waals surface area contributed by atoms with E-state index in [9.17, 15) is 9.90 Å². The lowest BCUT2D eigenvalue weighted by Crippen LogP contribution is -2.44. The molecule has 6 nitrogen and oxygen atoms in total. The monoisotopic (exact) mass is 398 g/mol. The van der Waals surface area contributed by atoms with Crippen molar-refractivity contribution < 1.29 is 9.90 Å². The third-order valence-corrected chi connectivity index (χ3v) is 7.00. The number of likely N-dealkylation sites (tertiary alicyclic amines) is 1. The van der Waals surface area contributed by atoms with Gasteiger partial charge in [-0.3, -0.25) is 4.68 Å². The van der Waals surface area contributed by atoms with Gasteiger partial charge in [-0.05, 0) is 70.3 Å². The fourth-order valence-electron chi connectivity index (χ4n) is 5.42. The Hall–Kier alpha value is -2.05. The summed E-state index contributed by atoms with van der Waals surface area (Å²) in [5.74, 6) is 0.519. The zero-order valence-corrected chi connectivity index (χ0v) is 18.1. The second-order valence-electron chi connectivity index (χ2n) is 8.45. The molecule has 2 aliphatic rings. The van der Waals surface area contributed by atoms with E-state index < -0.39 is 6.10 Å². The second-order valence-corrected chi connectivity index (χ2v) is 8.45. The third kappa shape index (κ3) is 3.22. The van der Waals surface area contributed by atoms with Gasteiger partial charge < -0.3 is 14.9 Å². The van der Waals surface area contributed by atoms with Crippen LogP contribution in [0.2, 0.25) is 0 Å². The van der Waals surface area contributed by atoms with Gasteiger partial charge in [-0.2, -0.15) is 0 Å². The van der Waals surface area contributed by atoms with Gasteiger partial charge in [-0.15, -0.1) is 0 Å². The van der Waals surface area contributed by atoms with Crippen LogP contribution in [-0.2, 0) is 6.42 Å². The van der Waals surface area contributed by atoms with Crippen LogP contribution in [0, 0.1) is 0 Å². The van der Waals surface area contributed by atoms with E-state index in [4.69, 9.17) is 0 Å². The first-order valence-electron chi connectivity index (χ1n) is 11.1. The van der Waals surface area contributed by atoms with Crippen molar-refractivity contribution in [3.05, 3.63) is 35.0 Å². The van der Waals surface area contributed by atoms with E-state index in [1.54, 1.807) is 4.90 Å². The Balaban J connectivity index is 1.89. The molecule has 1 aliphatic heterocycles. The molecule has 29 heavy (non-hydrogen) atoms. The summed E-state index contributed by atoms with van der Waals surface area (Å²) in [4.78, 5) is 17.1. The summed E-state index contributed by atoms with van der Waals surface area (Å²) < 4.78 is 1.88. The van der Waals surface area contributed by atoms with E-state index in [1.165, 1.54) is 29.4 Å². The predicted molar refractivity (Wildman–Crippen MR) is 117 cm³/mol. The number of rotatable bonds is 5. The number of hydrogen-bond donors (Lipinski definition) is 2. The molecule has 1 aromatic carbocycles. The van der Waals surface area contributed by atoms with Crippen molar-refractivity contribution in [3.63, 3.8) is 0 Å². The average Bonchev–Trinajstić information content (AvgIpc) is 3.04. The summed E-state index contributed by atoms with van der Waals surface area (Å²) >= 11 is 0. The molecule has 158 valence electrons. The van der Waals surface area contributed by atoms with E-state index in [2.05, 4.69) is 35.6 Å². The molecule has 0 spiro atoms. The van der Waals surface area contributed by atoms with Gasteiger partial charge in [-0.25, -0.2) is 10.2 Å². The minimum Gasteiger partial charge on any atom is -0.387 e. The number of aliphatic hydroxyl groups excluding tert-OH is 1. The minimum atomic E-state index is -0.604. The number of nitrogens with one attached hydrogen (secondary N) is 1. The van der Waals surface area contributed by atoms with Crippen molar-refractivity contribution in [1.29, 1.82) is 0 Å². The Labute approximate surface area is 173 Å². The molecule has 1 aromatic heterocycles. The maximum Gasteiger partial charge on any atom is 0.336 e. The van der Waals surface area contributed by atoms with Crippen molar-refractivity contribution in [2.24, 2.45) is 0 Å².